The van der Waals surface area contributed by atoms with Crippen molar-refractivity contribution in [2.45, 2.75) is 54.3 Å². The van der Waals surface area contributed by atoms with E-state index in [4.69, 9.17) is 9.47 Å². The van der Waals surface area contributed by atoms with Gasteiger partial charge in [0, 0.05) is 11.8 Å². The minimum absolute atomic E-state index is 0.0224. The first kappa shape index (κ1) is 31.6. The van der Waals surface area contributed by atoms with Gasteiger partial charge in [0.25, 0.3) is 5.91 Å². The van der Waals surface area contributed by atoms with Crippen molar-refractivity contribution >= 4 is 33.7 Å². The predicted octanol–water partition coefficient (Wildman–Crippen LogP) is 2.26. The highest BCUT2D eigenvalue weighted by Crippen LogP contribution is 2.19. The van der Waals surface area contributed by atoms with Gasteiger partial charge in [-0.25, -0.2) is 13.2 Å². The molecule has 1 aromatic carbocycles. The predicted molar refractivity (Wildman–Crippen MR) is 144 cm³/mol. The van der Waals surface area contributed by atoms with E-state index in [1.807, 2.05) is 0 Å². The maximum absolute atomic E-state index is 12.8. The molecule has 1 heterocycles. The van der Waals surface area contributed by atoms with Crippen LogP contribution in [-0.4, -0.2) is 65.6 Å². The molecule has 2 aromatic rings. The molecular formula is C26H36N4O8S. The third kappa shape index (κ3) is 9.59. The molecule has 0 bridgehead atoms. The molecule has 1 amide bonds. The van der Waals surface area contributed by atoms with E-state index in [0.29, 0.717) is 5.56 Å². The van der Waals surface area contributed by atoms with Gasteiger partial charge < -0.3 is 14.8 Å². The van der Waals surface area contributed by atoms with Crippen LogP contribution in [0.4, 0.5) is 5.82 Å². The summed E-state index contributed by atoms with van der Waals surface area (Å²) >= 11 is 0. The van der Waals surface area contributed by atoms with Gasteiger partial charge >= 0.3 is 17.6 Å². The van der Waals surface area contributed by atoms with E-state index in [9.17, 15) is 27.6 Å². The molecule has 0 saturated carbocycles. The Hall–Kier alpha value is -3.58. The average molecular weight is 565 g/mol. The van der Waals surface area contributed by atoms with Gasteiger partial charge in [-0.1, -0.05) is 18.2 Å². The largest absolute Gasteiger partial charge is 0.463 e. The summed E-state index contributed by atoms with van der Waals surface area (Å²) in [6, 6.07) is 8.53. The summed E-state index contributed by atoms with van der Waals surface area (Å²) in [4.78, 5) is 53.7. The standard InChI is InChI=1S/C26H36N4O8S/c1-25(2,3)22(32)37-15-19(16-38-23(33)26(4,5)6)30(39(7,35)36)17-29-14-13-20(28-24(29)34)27-21(31)18-11-9-8-10-12-18/h8-14,19H,15-17H2,1-7H3,(H,27,28,31,34). The number of hydrogen-bond donors (Lipinski definition) is 1. The highest BCUT2D eigenvalue weighted by Gasteiger charge is 2.33. The van der Waals surface area contributed by atoms with E-state index in [0.717, 1.165) is 15.1 Å². The molecule has 0 aliphatic carbocycles. The summed E-state index contributed by atoms with van der Waals surface area (Å²) in [7, 11) is -4.02. The Morgan fingerprint density at radius 3 is 1.90 bits per heavy atom. The van der Waals surface area contributed by atoms with Gasteiger partial charge in [-0.2, -0.15) is 9.29 Å². The SMILES string of the molecule is CC(C)(C)C(=O)OCC(COC(=O)C(C)(C)C)N(Cn1ccc(NC(=O)c2ccccc2)nc1=O)S(C)(=O)=O. The fraction of sp³-hybridized carbons (Fsp3) is 0.500. The average Bonchev–Trinajstić information content (AvgIpc) is 2.82. The molecule has 0 radical (unpaired) electrons. The van der Waals surface area contributed by atoms with Crippen LogP contribution in [0.2, 0.25) is 0 Å². The smallest absolute Gasteiger partial charge is 0.350 e. The third-order valence-electron chi connectivity index (χ3n) is 5.32. The summed E-state index contributed by atoms with van der Waals surface area (Å²) in [5, 5.41) is 2.52. The van der Waals surface area contributed by atoms with Crippen molar-refractivity contribution in [1.82, 2.24) is 13.9 Å². The van der Waals surface area contributed by atoms with Crippen LogP contribution in [0.15, 0.2) is 47.4 Å². The number of hydrogen-bond acceptors (Lipinski definition) is 9. The minimum Gasteiger partial charge on any atom is -0.463 e. The maximum Gasteiger partial charge on any atom is 0.350 e. The van der Waals surface area contributed by atoms with Crippen molar-refractivity contribution in [3.63, 3.8) is 0 Å². The molecule has 13 heteroatoms. The van der Waals surface area contributed by atoms with Crippen molar-refractivity contribution in [3.05, 3.63) is 58.6 Å². The highest BCUT2D eigenvalue weighted by atomic mass is 32.2. The number of carbonyl (C=O) groups is 3. The molecule has 39 heavy (non-hydrogen) atoms. The summed E-state index contributed by atoms with van der Waals surface area (Å²) in [6.45, 7) is 8.49. The Morgan fingerprint density at radius 1 is 0.949 bits per heavy atom. The molecule has 12 nitrogen and oxygen atoms in total. The number of benzene rings is 1. The Labute approximate surface area is 228 Å². The number of anilines is 1. The van der Waals surface area contributed by atoms with Crippen molar-refractivity contribution in [2.75, 3.05) is 24.8 Å². The second-order valence-electron chi connectivity index (χ2n) is 11.0. The zero-order valence-corrected chi connectivity index (χ0v) is 24.1. The van der Waals surface area contributed by atoms with Gasteiger partial charge in [0.1, 0.15) is 19.0 Å². The Balaban J connectivity index is 2.31. The van der Waals surface area contributed by atoms with Crippen LogP contribution in [0.3, 0.4) is 0 Å². The number of carbonyl (C=O) groups excluding carboxylic acids is 3. The number of aromatic nitrogens is 2. The van der Waals surface area contributed by atoms with Crippen molar-refractivity contribution in [3.8, 4) is 0 Å². The van der Waals surface area contributed by atoms with Crippen molar-refractivity contribution < 1.29 is 32.3 Å². The van der Waals surface area contributed by atoms with Crippen LogP contribution in [0.5, 0.6) is 0 Å². The molecule has 2 rings (SSSR count). The molecule has 214 valence electrons. The van der Waals surface area contributed by atoms with Crippen LogP contribution in [0.1, 0.15) is 51.9 Å². The Kier molecular flexibility index (Phi) is 10.2. The van der Waals surface area contributed by atoms with E-state index >= 15 is 0 Å². The second kappa shape index (κ2) is 12.5. The van der Waals surface area contributed by atoms with E-state index < -0.39 is 70.3 Å². The van der Waals surface area contributed by atoms with Gasteiger partial charge in [-0.3, -0.25) is 19.0 Å². The van der Waals surface area contributed by atoms with Crippen LogP contribution in [0.25, 0.3) is 0 Å². The minimum atomic E-state index is -4.02. The van der Waals surface area contributed by atoms with E-state index in [1.54, 1.807) is 71.9 Å². The second-order valence-corrected chi connectivity index (χ2v) is 13.0. The Bertz CT molecular complexity index is 1310. The van der Waals surface area contributed by atoms with Gasteiger partial charge in [-0.05, 0) is 59.7 Å². The number of sulfonamides is 1. The van der Waals surface area contributed by atoms with Crippen LogP contribution < -0.4 is 11.0 Å². The van der Waals surface area contributed by atoms with E-state index in [1.165, 1.54) is 12.3 Å². The zero-order valence-electron chi connectivity index (χ0n) is 23.3. The Morgan fingerprint density at radius 2 is 1.46 bits per heavy atom. The van der Waals surface area contributed by atoms with Gasteiger partial charge in [0.05, 0.1) is 29.8 Å². The van der Waals surface area contributed by atoms with E-state index in [-0.39, 0.29) is 5.82 Å². The number of amides is 1. The molecule has 0 saturated heterocycles. The lowest BCUT2D eigenvalue weighted by molar-refractivity contribution is -0.158. The molecule has 0 fully saturated rings. The first-order chi connectivity index (χ1) is 17.9. The first-order valence-corrected chi connectivity index (χ1v) is 14.0. The maximum atomic E-state index is 12.8. The quantitative estimate of drug-likeness (QED) is 0.428. The topological polar surface area (TPSA) is 154 Å². The summed E-state index contributed by atoms with van der Waals surface area (Å²) in [6.07, 6.45) is 2.19. The van der Waals surface area contributed by atoms with Crippen molar-refractivity contribution in [2.24, 2.45) is 10.8 Å². The van der Waals surface area contributed by atoms with Crippen LogP contribution in [0, 0.1) is 10.8 Å². The molecule has 1 N–H and O–H groups in total. The molecule has 1 aromatic heterocycles. The fourth-order valence-electron chi connectivity index (χ4n) is 3.02. The summed E-state index contributed by atoms with van der Waals surface area (Å²) in [5.41, 5.74) is -2.19. The number of nitrogens with one attached hydrogen (secondary N) is 1. The van der Waals surface area contributed by atoms with Gasteiger partial charge in [0.15, 0.2) is 0 Å². The number of esters is 2. The molecular weight excluding hydrogens is 528 g/mol. The lowest BCUT2D eigenvalue weighted by Gasteiger charge is -2.31. The molecule has 0 unspecified atom stereocenters. The van der Waals surface area contributed by atoms with Crippen molar-refractivity contribution in [1.29, 1.82) is 0 Å². The lowest BCUT2D eigenvalue weighted by Crippen LogP contribution is -2.49. The number of ether oxygens (including phenoxy) is 2. The molecule has 0 aliphatic heterocycles. The molecule has 0 aliphatic rings. The summed E-state index contributed by atoms with van der Waals surface area (Å²) in [5.74, 6) is -1.66. The monoisotopic (exact) mass is 564 g/mol. The van der Waals surface area contributed by atoms with E-state index in [2.05, 4.69) is 10.3 Å². The number of rotatable bonds is 10. The fourth-order valence-corrected chi connectivity index (χ4v) is 4.01. The molecule has 0 atom stereocenters. The highest BCUT2D eigenvalue weighted by molar-refractivity contribution is 7.88. The van der Waals surface area contributed by atoms with Gasteiger partial charge in [-0.15, -0.1) is 0 Å². The number of nitrogens with zero attached hydrogens (tertiary/aromatic N) is 3. The third-order valence-corrected chi connectivity index (χ3v) is 6.58. The van der Waals surface area contributed by atoms with Crippen LogP contribution >= 0.6 is 0 Å². The summed E-state index contributed by atoms with van der Waals surface area (Å²) < 4.78 is 38.2. The molecule has 0 spiro atoms. The zero-order chi connectivity index (χ0) is 29.6. The van der Waals surface area contributed by atoms with Crippen LogP contribution in [-0.2, 0) is 35.8 Å². The normalized spacial score (nSPS) is 12.3. The lowest BCUT2D eigenvalue weighted by atomic mass is 9.97. The first-order valence-electron chi connectivity index (χ1n) is 12.1. The van der Waals surface area contributed by atoms with Gasteiger partial charge in [0.2, 0.25) is 10.0 Å².